The van der Waals surface area contributed by atoms with Gasteiger partial charge in [0, 0.05) is 21.9 Å². The maximum absolute atomic E-state index is 2.43. The van der Waals surface area contributed by atoms with E-state index in [1.54, 1.807) is 0 Å². The lowest BCUT2D eigenvalue weighted by Crippen LogP contribution is -2.14. The Balaban J connectivity index is 1.21. The highest BCUT2D eigenvalue weighted by atomic mass is 15.0. The third kappa shape index (κ3) is 3.59. The first-order chi connectivity index (χ1) is 21.6. The number of benzene rings is 7. The molecule has 1 heteroatoms. The molecular weight excluding hydrogens is 530 g/mol. The third-order valence-electron chi connectivity index (χ3n) is 9.80. The summed E-state index contributed by atoms with van der Waals surface area (Å²) in [5.41, 5.74) is 14.2. The van der Waals surface area contributed by atoms with Crippen LogP contribution in [0.1, 0.15) is 25.0 Å². The molecule has 9 rings (SSSR count). The summed E-state index contributed by atoms with van der Waals surface area (Å²) in [5, 5.41) is 5.05. The lowest BCUT2D eigenvalue weighted by Gasteiger charge is -2.22. The van der Waals surface area contributed by atoms with Crippen LogP contribution in [-0.2, 0) is 5.41 Å². The van der Waals surface area contributed by atoms with E-state index in [-0.39, 0.29) is 5.41 Å². The predicted octanol–water partition coefficient (Wildman–Crippen LogP) is 11.6. The summed E-state index contributed by atoms with van der Waals surface area (Å²) in [6.07, 6.45) is 0. The molecule has 1 aromatic heterocycles. The first kappa shape index (κ1) is 25.1. The number of aromatic nitrogens is 1. The Morgan fingerprint density at radius 1 is 0.409 bits per heavy atom. The van der Waals surface area contributed by atoms with Gasteiger partial charge in [0.25, 0.3) is 0 Å². The molecule has 0 radical (unpaired) electrons. The van der Waals surface area contributed by atoms with Gasteiger partial charge < -0.3 is 4.57 Å². The molecule has 0 unspecified atom stereocenters. The van der Waals surface area contributed by atoms with E-state index >= 15 is 0 Å². The summed E-state index contributed by atoms with van der Waals surface area (Å²) in [5.74, 6) is 0. The van der Waals surface area contributed by atoms with Crippen molar-refractivity contribution in [3.63, 3.8) is 0 Å². The minimum absolute atomic E-state index is 0.0274. The summed E-state index contributed by atoms with van der Waals surface area (Å²) in [7, 11) is 0. The second kappa shape index (κ2) is 9.30. The zero-order valence-corrected chi connectivity index (χ0v) is 24.9. The van der Waals surface area contributed by atoms with Crippen LogP contribution in [0.3, 0.4) is 0 Å². The number of para-hydroxylation sites is 1. The van der Waals surface area contributed by atoms with Gasteiger partial charge in [0.15, 0.2) is 0 Å². The molecule has 0 bridgehead atoms. The average molecular weight is 562 g/mol. The summed E-state index contributed by atoms with van der Waals surface area (Å²) in [6, 6.07) is 55.9. The van der Waals surface area contributed by atoms with Crippen LogP contribution in [0.4, 0.5) is 0 Å². The van der Waals surface area contributed by atoms with Crippen LogP contribution in [0.15, 0.2) is 152 Å². The molecule has 0 saturated heterocycles. The molecule has 0 aliphatic heterocycles. The topological polar surface area (TPSA) is 4.93 Å². The van der Waals surface area contributed by atoms with Crippen LogP contribution < -0.4 is 0 Å². The highest BCUT2D eigenvalue weighted by Crippen LogP contribution is 2.50. The number of nitrogens with zero attached hydrogens (tertiary/aromatic N) is 1. The maximum atomic E-state index is 2.43. The van der Waals surface area contributed by atoms with Crippen molar-refractivity contribution in [3.05, 3.63) is 163 Å². The molecule has 0 fully saturated rings. The van der Waals surface area contributed by atoms with Gasteiger partial charge in [-0.15, -0.1) is 0 Å². The fraction of sp³-hybridized carbons (Fsp3) is 0.0698. The van der Waals surface area contributed by atoms with Gasteiger partial charge in [0.1, 0.15) is 0 Å². The van der Waals surface area contributed by atoms with Gasteiger partial charge in [0.2, 0.25) is 0 Å². The molecule has 1 aliphatic rings. The number of fused-ring (bicyclic) bond motifs is 7. The van der Waals surface area contributed by atoms with Crippen LogP contribution in [0, 0.1) is 0 Å². The standard InChI is InChI=1S/C43H31N/c1-43(2)39-17-9-7-15-35(39)36-23-20-31(27-40(36)43)34-14-6-5-13-33(34)30-21-24-42-38(26-30)37-16-8-10-18-41(37)44(42)32-22-19-28-11-3-4-12-29(28)25-32/h3-27H,1-2H3. The van der Waals surface area contributed by atoms with Crippen molar-refractivity contribution in [1.82, 2.24) is 4.57 Å². The number of hydrogen-bond donors (Lipinski definition) is 0. The minimum Gasteiger partial charge on any atom is -0.309 e. The minimum atomic E-state index is -0.0274. The van der Waals surface area contributed by atoms with E-state index in [1.165, 1.54) is 82.8 Å². The summed E-state index contributed by atoms with van der Waals surface area (Å²) >= 11 is 0. The fourth-order valence-corrected chi connectivity index (χ4v) is 7.59. The zero-order valence-electron chi connectivity index (χ0n) is 24.9. The Morgan fingerprint density at radius 2 is 1.02 bits per heavy atom. The molecule has 1 heterocycles. The molecule has 8 aromatic rings. The molecule has 7 aromatic carbocycles. The Morgan fingerprint density at radius 3 is 1.86 bits per heavy atom. The van der Waals surface area contributed by atoms with Gasteiger partial charge in [-0.1, -0.05) is 129 Å². The normalized spacial score (nSPS) is 13.4. The van der Waals surface area contributed by atoms with Crippen LogP contribution in [0.5, 0.6) is 0 Å². The lowest BCUT2D eigenvalue weighted by molar-refractivity contribution is 0.660. The monoisotopic (exact) mass is 561 g/mol. The Hall–Kier alpha value is -5.40. The molecule has 0 N–H and O–H groups in total. The van der Waals surface area contributed by atoms with E-state index in [1.807, 2.05) is 0 Å². The van der Waals surface area contributed by atoms with E-state index in [0.29, 0.717) is 0 Å². The number of rotatable bonds is 3. The predicted molar refractivity (Wildman–Crippen MR) is 187 cm³/mol. The van der Waals surface area contributed by atoms with E-state index in [0.717, 1.165) is 0 Å². The molecule has 1 aliphatic carbocycles. The van der Waals surface area contributed by atoms with Gasteiger partial charge in [-0.3, -0.25) is 0 Å². The van der Waals surface area contributed by atoms with Crippen LogP contribution in [0.2, 0.25) is 0 Å². The first-order valence-corrected chi connectivity index (χ1v) is 15.4. The van der Waals surface area contributed by atoms with Gasteiger partial charge >= 0.3 is 0 Å². The third-order valence-corrected chi connectivity index (χ3v) is 9.80. The first-order valence-electron chi connectivity index (χ1n) is 15.4. The maximum Gasteiger partial charge on any atom is 0.0541 e. The Kier molecular flexibility index (Phi) is 5.31. The molecule has 208 valence electrons. The zero-order chi connectivity index (χ0) is 29.4. The summed E-state index contributed by atoms with van der Waals surface area (Å²) in [4.78, 5) is 0. The lowest BCUT2D eigenvalue weighted by atomic mass is 9.81. The molecule has 0 atom stereocenters. The molecular formula is C43H31N. The highest BCUT2D eigenvalue weighted by molar-refractivity contribution is 6.11. The molecule has 0 amide bonds. The smallest absolute Gasteiger partial charge is 0.0541 e. The van der Waals surface area contributed by atoms with Crippen molar-refractivity contribution < 1.29 is 0 Å². The van der Waals surface area contributed by atoms with Gasteiger partial charge in [-0.05, 0) is 91.7 Å². The van der Waals surface area contributed by atoms with Crippen molar-refractivity contribution in [2.45, 2.75) is 19.3 Å². The Labute approximate surface area is 257 Å². The quantitative estimate of drug-likeness (QED) is 0.202. The number of hydrogen-bond acceptors (Lipinski definition) is 0. The molecule has 44 heavy (non-hydrogen) atoms. The highest BCUT2D eigenvalue weighted by Gasteiger charge is 2.35. The van der Waals surface area contributed by atoms with Crippen molar-refractivity contribution >= 4 is 32.6 Å². The van der Waals surface area contributed by atoms with Gasteiger partial charge in [-0.25, -0.2) is 0 Å². The second-order valence-electron chi connectivity index (χ2n) is 12.6. The Bertz CT molecular complexity index is 2420. The second-order valence-corrected chi connectivity index (χ2v) is 12.6. The van der Waals surface area contributed by atoms with Crippen molar-refractivity contribution in [3.8, 4) is 39.1 Å². The largest absolute Gasteiger partial charge is 0.309 e. The van der Waals surface area contributed by atoms with E-state index in [2.05, 4.69) is 170 Å². The van der Waals surface area contributed by atoms with Gasteiger partial charge in [0.05, 0.1) is 11.0 Å². The van der Waals surface area contributed by atoms with Crippen LogP contribution in [0.25, 0.3) is 71.6 Å². The molecule has 1 nitrogen and oxygen atoms in total. The van der Waals surface area contributed by atoms with E-state index < -0.39 is 0 Å². The van der Waals surface area contributed by atoms with Crippen LogP contribution >= 0.6 is 0 Å². The summed E-state index contributed by atoms with van der Waals surface area (Å²) < 4.78 is 2.41. The van der Waals surface area contributed by atoms with E-state index in [4.69, 9.17) is 0 Å². The summed E-state index contributed by atoms with van der Waals surface area (Å²) in [6.45, 7) is 4.71. The van der Waals surface area contributed by atoms with Gasteiger partial charge in [-0.2, -0.15) is 0 Å². The van der Waals surface area contributed by atoms with Crippen molar-refractivity contribution in [1.29, 1.82) is 0 Å². The van der Waals surface area contributed by atoms with E-state index in [9.17, 15) is 0 Å². The van der Waals surface area contributed by atoms with Crippen molar-refractivity contribution in [2.75, 3.05) is 0 Å². The van der Waals surface area contributed by atoms with Crippen molar-refractivity contribution in [2.24, 2.45) is 0 Å². The average Bonchev–Trinajstić information content (AvgIpc) is 3.53. The SMILES string of the molecule is CC1(C)c2ccccc2-c2ccc(-c3ccccc3-c3ccc4c(c3)c3ccccc3n4-c3ccc4ccccc4c3)cc21. The molecule has 0 saturated carbocycles. The van der Waals surface area contributed by atoms with Crippen LogP contribution in [-0.4, -0.2) is 4.57 Å². The fourth-order valence-electron chi connectivity index (χ4n) is 7.59. The molecule has 0 spiro atoms.